The molecule has 1 N–H and O–H groups in total. The first-order valence-corrected chi connectivity index (χ1v) is 9.66. The van der Waals surface area contributed by atoms with Crippen LogP contribution in [0.4, 0.5) is 0 Å². The molecular formula is C19H27IN4O2S. The molecule has 148 valence electrons. The minimum absolute atomic E-state index is 0. The summed E-state index contributed by atoms with van der Waals surface area (Å²) in [5.74, 6) is 2.32. The minimum atomic E-state index is 0. The van der Waals surface area contributed by atoms with E-state index < -0.39 is 0 Å². The van der Waals surface area contributed by atoms with Crippen LogP contribution in [0.3, 0.4) is 0 Å². The van der Waals surface area contributed by atoms with Gasteiger partial charge in [-0.1, -0.05) is 0 Å². The second-order valence-corrected chi connectivity index (χ2v) is 7.24. The molecule has 3 rings (SSSR count). The zero-order valence-electron chi connectivity index (χ0n) is 16.0. The molecule has 2 aromatic rings. The van der Waals surface area contributed by atoms with Gasteiger partial charge in [-0.2, -0.15) is 0 Å². The van der Waals surface area contributed by atoms with Gasteiger partial charge in [-0.25, -0.2) is 4.98 Å². The van der Waals surface area contributed by atoms with E-state index in [1.807, 2.05) is 31.3 Å². The van der Waals surface area contributed by atoms with Crippen LogP contribution in [0.2, 0.25) is 0 Å². The van der Waals surface area contributed by atoms with E-state index in [1.54, 1.807) is 18.4 Å². The molecule has 2 heterocycles. The Bertz CT molecular complexity index is 730. The molecule has 0 amide bonds. The van der Waals surface area contributed by atoms with Crippen molar-refractivity contribution in [2.24, 2.45) is 10.9 Å². The van der Waals surface area contributed by atoms with Crippen LogP contribution in [0.5, 0.6) is 5.75 Å². The molecule has 27 heavy (non-hydrogen) atoms. The standard InChI is InChI=1S/C19H26N4O2S.HI/c1-20-19(23(2)11-14-8-9-25-12-14)21-10-16-13-26-18(22-16)15-4-6-17(24-3)7-5-15;/h4-7,13-14H,8-12H2,1-3H3,(H,20,21);1H. The summed E-state index contributed by atoms with van der Waals surface area (Å²) in [6.45, 7) is 3.33. The Morgan fingerprint density at radius 3 is 2.81 bits per heavy atom. The van der Waals surface area contributed by atoms with Crippen LogP contribution in [-0.4, -0.2) is 56.8 Å². The Morgan fingerprint density at radius 2 is 2.19 bits per heavy atom. The van der Waals surface area contributed by atoms with Crippen molar-refractivity contribution in [3.63, 3.8) is 0 Å². The van der Waals surface area contributed by atoms with E-state index in [-0.39, 0.29) is 24.0 Å². The van der Waals surface area contributed by atoms with Gasteiger partial charge in [-0.05, 0) is 30.7 Å². The zero-order chi connectivity index (χ0) is 18.4. The summed E-state index contributed by atoms with van der Waals surface area (Å²) < 4.78 is 10.7. The van der Waals surface area contributed by atoms with Crippen molar-refractivity contribution in [3.05, 3.63) is 35.3 Å². The van der Waals surface area contributed by atoms with Crippen LogP contribution in [-0.2, 0) is 11.3 Å². The predicted octanol–water partition coefficient (Wildman–Crippen LogP) is 3.48. The average Bonchev–Trinajstić information content (AvgIpc) is 3.34. The highest BCUT2D eigenvalue weighted by Crippen LogP contribution is 2.25. The first-order chi connectivity index (χ1) is 12.7. The lowest BCUT2D eigenvalue weighted by Gasteiger charge is -2.24. The summed E-state index contributed by atoms with van der Waals surface area (Å²) in [6.07, 6.45) is 1.12. The number of halogens is 1. The number of nitrogens with one attached hydrogen (secondary N) is 1. The van der Waals surface area contributed by atoms with Gasteiger partial charge in [0.15, 0.2) is 5.96 Å². The van der Waals surface area contributed by atoms with Gasteiger partial charge >= 0.3 is 0 Å². The highest BCUT2D eigenvalue weighted by atomic mass is 127. The molecule has 1 aliphatic heterocycles. The van der Waals surface area contributed by atoms with Gasteiger partial charge in [-0.15, -0.1) is 35.3 Å². The Labute approximate surface area is 182 Å². The van der Waals surface area contributed by atoms with Crippen molar-refractivity contribution in [2.45, 2.75) is 13.0 Å². The maximum absolute atomic E-state index is 5.46. The maximum atomic E-state index is 5.46. The summed E-state index contributed by atoms with van der Waals surface area (Å²) in [6, 6.07) is 7.98. The molecule has 0 saturated carbocycles. The molecule has 0 bridgehead atoms. The number of hydrogen-bond acceptors (Lipinski definition) is 5. The van der Waals surface area contributed by atoms with Crippen LogP contribution in [0, 0.1) is 5.92 Å². The number of thiazole rings is 1. The number of benzene rings is 1. The zero-order valence-corrected chi connectivity index (χ0v) is 19.1. The van der Waals surface area contributed by atoms with E-state index >= 15 is 0 Å². The van der Waals surface area contributed by atoms with E-state index in [0.29, 0.717) is 12.5 Å². The van der Waals surface area contributed by atoms with Crippen molar-refractivity contribution in [1.29, 1.82) is 0 Å². The lowest BCUT2D eigenvalue weighted by Crippen LogP contribution is -2.41. The number of methoxy groups -OCH3 is 1. The summed E-state index contributed by atoms with van der Waals surface area (Å²) in [5.41, 5.74) is 2.12. The van der Waals surface area contributed by atoms with Gasteiger partial charge in [-0.3, -0.25) is 4.99 Å². The summed E-state index contributed by atoms with van der Waals surface area (Å²) in [4.78, 5) is 11.3. The van der Waals surface area contributed by atoms with Gasteiger partial charge in [0.1, 0.15) is 10.8 Å². The third-order valence-corrected chi connectivity index (χ3v) is 5.39. The Hall–Kier alpha value is -1.39. The van der Waals surface area contributed by atoms with Crippen LogP contribution in [0.25, 0.3) is 10.6 Å². The number of aliphatic imine (C=N–C) groups is 1. The van der Waals surface area contributed by atoms with Crippen molar-refractivity contribution in [1.82, 2.24) is 15.2 Å². The fraction of sp³-hybridized carbons (Fsp3) is 0.474. The van der Waals surface area contributed by atoms with Crippen LogP contribution >= 0.6 is 35.3 Å². The lowest BCUT2D eigenvalue weighted by atomic mass is 10.1. The largest absolute Gasteiger partial charge is 0.497 e. The van der Waals surface area contributed by atoms with Crippen molar-refractivity contribution in [3.8, 4) is 16.3 Å². The van der Waals surface area contributed by atoms with Gasteiger partial charge in [0.2, 0.25) is 0 Å². The summed E-state index contributed by atoms with van der Waals surface area (Å²) in [7, 11) is 5.55. The molecule has 1 aromatic heterocycles. The predicted molar refractivity (Wildman–Crippen MR) is 121 cm³/mol. The molecule has 1 unspecified atom stereocenters. The third kappa shape index (κ3) is 6.05. The van der Waals surface area contributed by atoms with Gasteiger partial charge in [0.25, 0.3) is 0 Å². The van der Waals surface area contributed by atoms with E-state index in [0.717, 1.165) is 54.2 Å². The fourth-order valence-corrected chi connectivity index (χ4v) is 3.84. The van der Waals surface area contributed by atoms with E-state index in [4.69, 9.17) is 14.5 Å². The lowest BCUT2D eigenvalue weighted by molar-refractivity contribution is 0.181. The molecule has 0 aliphatic carbocycles. The van der Waals surface area contributed by atoms with Gasteiger partial charge in [0, 0.05) is 44.1 Å². The first kappa shape index (κ1) is 21.9. The van der Waals surface area contributed by atoms with Crippen molar-refractivity contribution in [2.75, 3.05) is 41.0 Å². The molecule has 8 heteroatoms. The molecule has 1 saturated heterocycles. The molecule has 0 spiro atoms. The van der Waals surface area contributed by atoms with Gasteiger partial charge < -0.3 is 19.7 Å². The molecule has 1 aromatic carbocycles. The normalized spacial score (nSPS) is 16.7. The number of aromatic nitrogens is 1. The SMILES string of the molecule is CN=C(NCc1csc(-c2ccc(OC)cc2)n1)N(C)CC1CCOC1.I. The second kappa shape index (κ2) is 10.8. The Balaban J connectivity index is 0.00000261. The quantitative estimate of drug-likeness (QED) is 0.373. The topological polar surface area (TPSA) is 59.0 Å². The van der Waals surface area contributed by atoms with Crippen LogP contribution in [0.1, 0.15) is 12.1 Å². The minimum Gasteiger partial charge on any atom is -0.497 e. The monoisotopic (exact) mass is 502 g/mol. The smallest absolute Gasteiger partial charge is 0.193 e. The second-order valence-electron chi connectivity index (χ2n) is 6.38. The van der Waals surface area contributed by atoms with Gasteiger partial charge in [0.05, 0.1) is 26.0 Å². The highest BCUT2D eigenvalue weighted by molar-refractivity contribution is 14.0. The van der Waals surface area contributed by atoms with Crippen molar-refractivity contribution < 1.29 is 9.47 Å². The van der Waals surface area contributed by atoms with Crippen LogP contribution < -0.4 is 10.1 Å². The first-order valence-electron chi connectivity index (χ1n) is 8.78. The number of rotatable bonds is 6. The number of hydrogen-bond donors (Lipinski definition) is 1. The van der Waals surface area contributed by atoms with Crippen molar-refractivity contribution >= 4 is 41.3 Å². The molecule has 0 radical (unpaired) electrons. The number of guanidine groups is 1. The van der Waals surface area contributed by atoms with Crippen LogP contribution in [0.15, 0.2) is 34.6 Å². The molecule has 6 nitrogen and oxygen atoms in total. The summed E-state index contributed by atoms with van der Waals surface area (Å²) in [5, 5.41) is 6.50. The third-order valence-electron chi connectivity index (χ3n) is 4.45. The molecule has 1 aliphatic rings. The molecular weight excluding hydrogens is 475 g/mol. The Kier molecular flexibility index (Phi) is 8.78. The van der Waals surface area contributed by atoms with E-state index in [1.165, 1.54) is 0 Å². The molecule has 1 atom stereocenters. The maximum Gasteiger partial charge on any atom is 0.193 e. The summed E-state index contributed by atoms with van der Waals surface area (Å²) >= 11 is 1.65. The highest BCUT2D eigenvalue weighted by Gasteiger charge is 2.19. The fourth-order valence-electron chi connectivity index (χ4n) is 3.01. The Morgan fingerprint density at radius 1 is 1.41 bits per heavy atom. The molecule has 1 fully saturated rings. The average molecular weight is 502 g/mol. The number of nitrogens with zero attached hydrogens (tertiary/aromatic N) is 3. The van der Waals surface area contributed by atoms with E-state index in [2.05, 4.69) is 27.6 Å². The van der Waals surface area contributed by atoms with E-state index in [9.17, 15) is 0 Å². The number of ether oxygens (including phenoxy) is 2.